The number of aliphatic hydroxyl groups is 1. The lowest BCUT2D eigenvalue weighted by molar-refractivity contribution is 0.105. The Balaban J connectivity index is 1.82. The Bertz CT molecular complexity index is 1450. The highest BCUT2D eigenvalue weighted by Crippen LogP contribution is 2.41. The van der Waals surface area contributed by atoms with E-state index >= 15 is 0 Å². The molecule has 4 aromatic carbocycles. The number of carbonyl (C=O) groups excluding carboxylic acids is 1. The number of ketones is 1. The molecular weight excluding hydrogens is 402 g/mol. The average molecular weight is 423 g/mol. The van der Waals surface area contributed by atoms with Gasteiger partial charge in [-0.05, 0) is 11.5 Å². The summed E-state index contributed by atoms with van der Waals surface area (Å²) in [4.78, 5) is 18.6. The van der Waals surface area contributed by atoms with Crippen LogP contribution in [0.4, 0.5) is 0 Å². The lowest BCUT2D eigenvalue weighted by Gasteiger charge is -2.07. The Morgan fingerprint density at radius 1 is 0.774 bits per heavy atom. The summed E-state index contributed by atoms with van der Waals surface area (Å²) in [5, 5.41) is 14.1. The van der Waals surface area contributed by atoms with Gasteiger partial charge in [-0.15, -0.1) is 0 Å². The Kier molecular flexibility index (Phi) is 4.85. The molecule has 1 N–H and O–H groups in total. The van der Waals surface area contributed by atoms with E-state index in [0.29, 0.717) is 16.1 Å². The van der Waals surface area contributed by atoms with Crippen LogP contribution in [0.15, 0.2) is 97.1 Å². The molecule has 1 heterocycles. The van der Waals surface area contributed by atoms with Gasteiger partial charge in [0.1, 0.15) is 23.1 Å². The third-order valence-corrected chi connectivity index (χ3v) is 7.32. The van der Waals surface area contributed by atoms with Crippen LogP contribution in [0.5, 0.6) is 0 Å². The lowest BCUT2D eigenvalue weighted by Crippen LogP contribution is -2.06. The SMILES string of the molecule is C[s+]1c(C(C(=O)c2ccccc2)=C(O)c2ccccc2)nc2c3ccccc3ccc21. The predicted molar refractivity (Wildman–Crippen MR) is 129 cm³/mol. The van der Waals surface area contributed by atoms with E-state index in [2.05, 4.69) is 30.5 Å². The summed E-state index contributed by atoms with van der Waals surface area (Å²) in [6.45, 7) is 0. The van der Waals surface area contributed by atoms with Crippen molar-refractivity contribution in [3.05, 3.63) is 113 Å². The van der Waals surface area contributed by atoms with E-state index in [0.717, 1.165) is 21.0 Å². The largest absolute Gasteiger partial charge is 0.506 e. The fourth-order valence-corrected chi connectivity index (χ4v) is 5.51. The van der Waals surface area contributed by atoms with Gasteiger partial charge in [0.05, 0.1) is 0 Å². The minimum atomic E-state index is -0.449. The van der Waals surface area contributed by atoms with E-state index in [4.69, 9.17) is 4.98 Å². The number of nitrogens with zero attached hydrogens (tertiary/aromatic N) is 1. The van der Waals surface area contributed by atoms with Gasteiger partial charge in [0.15, 0.2) is 0 Å². The fraction of sp³-hybridized carbons (Fsp3) is 0.0370. The summed E-state index contributed by atoms with van der Waals surface area (Å²) in [5.41, 5.74) is 2.28. The van der Waals surface area contributed by atoms with Crippen LogP contribution in [0.1, 0.15) is 20.9 Å². The molecule has 0 bridgehead atoms. The standard InChI is InChI=1S/C27H19NO2S/c1-31-22-17-16-18-10-8-9-15-21(18)24(22)28-27(31)23(25(29)19-11-4-2-5-12-19)26(30)20-13-6-3-7-14-20/h2-17H,1H3/p+1. The second kappa shape index (κ2) is 7.82. The number of aliphatic hydroxyl groups excluding tert-OH is 1. The number of fused-ring (bicyclic) bond motifs is 3. The number of allylic oxidation sites excluding steroid dienone is 1. The molecule has 0 spiro atoms. The maximum atomic E-state index is 13.6. The summed E-state index contributed by atoms with van der Waals surface area (Å²) in [6, 6.07) is 30.6. The van der Waals surface area contributed by atoms with Gasteiger partial charge in [0.2, 0.25) is 10.5 Å². The second-order valence-electron chi connectivity index (χ2n) is 7.35. The molecule has 3 nitrogen and oxygen atoms in total. The number of hydrogen-bond acceptors (Lipinski definition) is 3. The number of carbonyl (C=O) groups is 1. The second-order valence-corrected chi connectivity index (χ2v) is 9.19. The van der Waals surface area contributed by atoms with Crippen molar-refractivity contribution < 1.29 is 9.90 Å². The molecule has 0 aliphatic carbocycles. The van der Waals surface area contributed by atoms with Crippen molar-refractivity contribution in [2.24, 2.45) is 6.26 Å². The molecular formula is C27H20NO2S+. The fourth-order valence-electron chi connectivity index (χ4n) is 3.86. The Morgan fingerprint density at radius 2 is 1.39 bits per heavy atom. The van der Waals surface area contributed by atoms with E-state index in [1.807, 2.05) is 48.5 Å². The molecule has 0 saturated heterocycles. The molecule has 5 aromatic rings. The summed E-state index contributed by atoms with van der Waals surface area (Å²) >= 11 is 0. The molecule has 31 heavy (non-hydrogen) atoms. The summed E-state index contributed by atoms with van der Waals surface area (Å²) in [7, 11) is -0.449. The predicted octanol–water partition coefficient (Wildman–Crippen LogP) is 6.98. The normalized spacial score (nSPS) is 12.7. The van der Waals surface area contributed by atoms with Crippen molar-refractivity contribution in [3.63, 3.8) is 0 Å². The average Bonchev–Trinajstić information content (AvgIpc) is 3.16. The number of aromatic nitrogens is 1. The topological polar surface area (TPSA) is 50.2 Å². The maximum Gasteiger partial charge on any atom is 0.282 e. The van der Waals surface area contributed by atoms with Crippen molar-refractivity contribution in [2.75, 3.05) is 0 Å². The summed E-state index contributed by atoms with van der Waals surface area (Å²) in [5.74, 6) is -0.262. The molecule has 0 amide bonds. The van der Waals surface area contributed by atoms with Gasteiger partial charge >= 0.3 is 0 Å². The highest BCUT2D eigenvalue weighted by molar-refractivity contribution is 7.36. The van der Waals surface area contributed by atoms with E-state index < -0.39 is 10.5 Å². The van der Waals surface area contributed by atoms with Gasteiger partial charge in [-0.3, -0.25) is 4.79 Å². The van der Waals surface area contributed by atoms with E-state index in [-0.39, 0.29) is 17.1 Å². The van der Waals surface area contributed by atoms with Crippen LogP contribution < -0.4 is 0 Å². The number of rotatable bonds is 4. The molecule has 1 aromatic heterocycles. The Labute approximate surface area is 182 Å². The molecule has 0 fully saturated rings. The Hall–Kier alpha value is -3.76. The van der Waals surface area contributed by atoms with Crippen molar-refractivity contribution >= 4 is 48.6 Å². The van der Waals surface area contributed by atoms with E-state index in [1.165, 1.54) is 0 Å². The zero-order valence-electron chi connectivity index (χ0n) is 16.9. The maximum absolute atomic E-state index is 13.6. The molecule has 1 atom stereocenters. The van der Waals surface area contributed by atoms with Gasteiger partial charge in [0.25, 0.3) is 5.01 Å². The molecule has 0 aliphatic rings. The first-order valence-corrected chi connectivity index (χ1v) is 11.6. The molecule has 5 rings (SSSR count). The quantitative estimate of drug-likeness (QED) is 0.147. The summed E-state index contributed by atoms with van der Waals surface area (Å²) in [6.07, 6.45) is 2.07. The number of benzene rings is 4. The first kappa shape index (κ1) is 19.2. The van der Waals surface area contributed by atoms with Crippen molar-refractivity contribution in [1.82, 2.24) is 4.98 Å². The van der Waals surface area contributed by atoms with Crippen LogP contribution in [0.25, 0.3) is 32.3 Å². The third-order valence-electron chi connectivity index (χ3n) is 5.46. The first-order chi connectivity index (χ1) is 15.1. The zero-order valence-corrected chi connectivity index (χ0v) is 17.8. The zero-order chi connectivity index (χ0) is 21.4. The van der Waals surface area contributed by atoms with Crippen LogP contribution in [-0.4, -0.2) is 15.9 Å². The first-order valence-electron chi connectivity index (χ1n) is 10.0. The highest BCUT2D eigenvalue weighted by Gasteiger charge is 2.32. The minimum absolute atomic E-state index is 0.0373. The van der Waals surface area contributed by atoms with Crippen molar-refractivity contribution in [1.29, 1.82) is 0 Å². The van der Waals surface area contributed by atoms with Gasteiger partial charge in [-0.1, -0.05) is 84.9 Å². The number of hydrogen-bond donors (Lipinski definition) is 1. The van der Waals surface area contributed by atoms with Gasteiger partial charge in [0, 0.05) is 33.0 Å². The van der Waals surface area contributed by atoms with Crippen molar-refractivity contribution in [2.45, 2.75) is 0 Å². The van der Waals surface area contributed by atoms with Crippen LogP contribution in [0.2, 0.25) is 0 Å². The molecule has 0 saturated carbocycles. The van der Waals surface area contributed by atoms with Crippen LogP contribution in [-0.2, 0) is 6.26 Å². The van der Waals surface area contributed by atoms with E-state index in [9.17, 15) is 9.90 Å². The van der Waals surface area contributed by atoms with Gasteiger partial charge < -0.3 is 5.11 Å². The molecule has 4 heteroatoms. The third kappa shape index (κ3) is 3.31. The number of Topliss-reactive ketones (excluding diaryl/α,β-unsaturated/α-hetero) is 1. The summed E-state index contributed by atoms with van der Waals surface area (Å²) < 4.78 is 1.09. The molecule has 0 radical (unpaired) electrons. The van der Waals surface area contributed by atoms with Crippen molar-refractivity contribution in [3.8, 4) is 0 Å². The molecule has 150 valence electrons. The number of aryl methyl sites for hydroxylation is 1. The lowest BCUT2D eigenvalue weighted by atomic mass is 10.00. The minimum Gasteiger partial charge on any atom is -0.506 e. The van der Waals surface area contributed by atoms with Crippen LogP contribution in [0, 0.1) is 0 Å². The monoisotopic (exact) mass is 422 g/mol. The number of thiazole rings is 1. The van der Waals surface area contributed by atoms with Crippen LogP contribution >= 0.6 is 10.5 Å². The van der Waals surface area contributed by atoms with Gasteiger partial charge in [-0.25, -0.2) is 0 Å². The van der Waals surface area contributed by atoms with E-state index in [1.54, 1.807) is 24.3 Å². The highest BCUT2D eigenvalue weighted by atomic mass is 32.2. The smallest absolute Gasteiger partial charge is 0.282 e. The Morgan fingerprint density at radius 3 is 2.10 bits per heavy atom. The van der Waals surface area contributed by atoms with Crippen LogP contribution in [0.3, 0.4) is 0 Å². The van der Waals surface area contributed by atoms with Gasteiger partial charge in [-0.2, -0.15) is 4.98 Å². The molecule has 0 aliphatic heterocycles. The molecule has 1 unspecified atom stereocenters.